The van der Waals surface area contributed by atoms with Gasteiger partial charge in [-0.15, -0.1) is 11.3 Å². The molecule has 0 saturated carbocycles. The molecule has 0 spiro atoms. The predicted molar refractivity (Wildman–Crippen MR) is 79.1 cm³/mol. The van der Waals surface area contributed by atoms with E-state index in [1.807, 2.05) is 17.7 Å². The first-order chi connectivity index (χ1) is 9.58. The van der Waals surface area contributed by atoms with Gasteiger partial charge in [0, 0.05) is 11.4 Å². The molecule has 0 aliphatic rings. The van der Waals surface area contributed by atoms with Crippen LogP contribution in [0.4, 0.5) is 4.79 Å². The number of aryl methyl sites for hydroxylation is 1. The normalized spacial score (nSPS) is 11.8. The first-order valence-electron chi connectivity index (χ1n) is 5.90. The fourth-order valence-electron chi connectivity index (χ4n) is 1.64. The molecule has 0 bridgehead atoms. The van der Waals surface area contributed by atoms with Gasteiger partial charge in [-0.3, -0.25) is 0 Å². The summed E-state index contributed by atoms with van der Waals surface area (Å²) < 4.78 is 0. The fourth-order valence-corrected chi connectivity index (χ4v) is 3.26. The van der Waals surface area contributed by atoms with Gasteiger partial charge in [0.25, 0.3) is 0 Å². The highest BCUT2D eigenvalue weighted by Gasteiger charge is 2.22. The van der Waals surface area contributed by atoms with Crippen molar-refractivity contribution in [2.24, 2.45) is 0 Å². The van der Waals surface area contributed by atoms with Gasteiger partial charge < -0.3 is 15.7 Å². The molecule has 3 N–H and O–H groups in total. The lowest BCUT2D eigenvalue weighted by atomic mass is 10.2. The Morgan fingerprint density at radius 3 is 2.75 bits per heavy atom. The van der Waals surface area contributed by atoms with Crippen molar-refractivity contribution in [2.45, 2.75) is 19.5 Å². The molecule has 2 rings (SSSR count). The van der Waals surface area contributed by atoms with Crippen molar-refractivity contribution >= 4 is 34.7 Å². The molecule has 0 aliphatic carbocycles. The molecule has 0 saturated heterocycles. The first kappa shape index (κ1) is 14.5. The predicted octanol–water partition coefficient (Wildman–Crippen LogP) is 2.74. The minimum Gasteiger partial charge on any atom is -0.479 e. The van der Waals surface area contributed by atoms with Crippen molar-refractivity contribution in [2.75, 3.05) is 0 Å². The summed E-state index contributed by atoms with van der Waals surface area (Å²) in [6.07, 6.45) is 0. The zero-order valence-corrected chi connectivity index (χ0v) is 12.4. The lowest BCUT2D eigenvalue weighted by Crippen LogP contribution is -2.40. The van der Waals surface area contributed by atoms with E-state index in [1.165, 1.54) is 11.3 Å². The van der Waals surface area contributed by atoms with Gasteiger partial charge >= 0.3 is 12.0 Å². The van der Waals surface area contributed by atoms with Crippen molar-refractivity contribution in [3.8, 4) is 0 Å². The Hall–Kier alpha value is -1.86. The van der Waals surface area contributed by atoms with Gasteiger partial charge in [0.05, 0.1) is 0 Å². The van der Waals surface area contributed by atoms with E-state index in [2.05, 4.69) is 10.6 Å². The standard InChI is InChI=1S/C13H14N2O3S2/c1-8-6-19-7-9(8)5-14-13(18)15-11(12(16)17)10-3-2-4-20-10/h2-4,6-7,11H,5H2,1H3,(H,16,17)(H2,14,15,18). The highest BCUT2D eigenvalue weighted by molar-refractivity contribution is 7.10. The van der Waals surface area contributed by atoms with Crippen molar-refractivity contribution in [1.29, 1.82) is 0 Å². The van der Waals surface area contributed by atoms with Gasteiger partial charge in [-0.2, -0.15) is 11.3 Å². The topological polar surface area (TPSA) is 78.4 Å². The summed E-state index contributed by atoms with van der Waals surface area (Å²) in [5.74, 6) is -1.07. The molecule has 7 heteroatoms. The van der Waals surface area contributed by atoms with Crippen molar-refractivity contribution in [3.05, 3.63) is 44.3 Å². The Morgan fingerprint density at radius 1 is 1.40 bits per heavy atom. The molecule has 1 atom stereocenters. The SMILES string of the molecule is Cc1cscc1CNC(=O)NC(C(=O)O)c1cccs1. The summed E-state index contributed by atoms with van der Waals surface area (Å²) in [5.41, 5.74) is 2.15. The van der Waals surface area contributed by atoms with Crippen molar-refractivity contribution in [1.82, 2.24) is 10.6 Å². The summed E-state index contributed by atoms with van der Waals surface area (Å²) in [5, 5.41) is 20.0. The Kier molecular flexibility index (Phi) is 4.75. The number of amides is 2. The molecule has 0 aromatic carbocycles. The molecule has 0 aliphatic heterocycles. The number of hydrogen-bond acceptors (Lipinski definition) is 4. The first-order valence-corrected chi connectivity index (χ1v) is 7.72. The molecule has 2 heterocycles. The van der Waals surface area contributed by atoms with Crippen LogP contribution in [-0.2, 0) is 11.3 Å². The minimum atomic E-state index is -1.07. The number of rotatable bonds is 5. The van der Waals surface area contributed by atoms with Gasteiger partial charge in [-0.05, 0) is 40.3 Å². The lowest BCUT2D eigenvalue weighted by Gasteiger charge is -2.13. The van der Waals surface area contributed by atoms with Gasteiger partial charge in [-0.25, -0.2) is 9.59 Å². The van der Waals surface area contributed by atoms with E-state index >= 15 is 0 Å². The summed E-state index contributed by atoms with van der Waals surface area (Å²) >= 11 is 2.87. The largest absolute Gasteiger partial charge is 0.479 e. The Morgan fingerprint density at radius 2 is 2.20 bits per heavy atom. The van der Waals surface area contributed by atoms with Crippen LogP contribution in [0, 0.1) is 6.92 Å². The van der Waals surface area contributed by atoms with Crippen LogP contribution in [0.25, 0.3) is 0 Å². The van der Waals surface area contributed by atoms with Crippen molar-refractivity contribution in [3.63, 3.8) is 0 Å². The third-order valence-electron chi connectivity index (χ3n) is 2.75. The lowest BCUT2D eigenvalue weighted by molar-refractivity contribution is -0.139. The van der Waals surface area contributed by atoms with Crippen LogP contribution < -0.4 is 10.6 Å². The number of carbonyl (C=O) groups is 2. The van der Waals surface area contributed by atoms with E-state index in [1.54, 1.807) is 28.8 Å². The maximum Gasteiger partial charge on any atom is 0.331 e. The van der Waals surface area contributed by atoms with Gasteiger partial charge in [-0.1, -0.05) is 6.07 Å². The van der Waals surface area contributed by atoms with Crippen LogP contribution in [0.2, 0.25) is 0 Å². The van der Waals surface area contributed by atoms with Crippen LogP contribution >= 0.6 is 22.7 Å². The smallest absolute Gasteiger partial charge is 0.331 e. The van der Waals surface area contributed by atoms with Crippen LogP contribution in [0.1, 0.15) is 22.0 Å². The summed E-state index contributed by atoms with van der Waals surface area (Å²) in [6.45, 7) is 2.36. The number of carbonyl (C=O) groups excluding carboxylic acids is 1. The van der Waals surface area contributed by atoms with Gasteiger partial charge in [0.15, 0.2) is 6.04 Å². The van der Waals surface area contributed by atoms with E-state index in [-0.39, 0.29) is 0 Å². The zero-order valence-electron chi connectivity index (χ0n) is 10.8. The second-order valence-corrected chi connectivity index (χ2v) is 5.92. The number of aliphatic carboxylic acids is 1. The second-order valence-electron chi connectivity index (χ2n) is 4.19. The van der Waals surface area contributed by atoms with Crippen LogP contribution in [0.5, 0.6) is 0 Å². The number of nitrogens with one attached hydrogen (secondary N) is 2. The Balaban J connectivity index is 1.92. The van der Waals surface area contributed by atoms with E-state index in [0.717, 1.165) is 11.1 Å². The third-order valence-corrected chi connectivity index (χ3v) is 4.60. The van der Waals surface area contributed by atoms with E-state index in [4.69, 9.17) is 5.11 Å². The molecule has 1 unspecified atom stereocenters. The highest BCUT2D eigenvalue weighted by atomic mass is 32.1. The molecule has 0 radical (unpaired) electrons. The Bertz CT molecular complexity index is 593. The van der Waals surface area contributed by atoms with E-state index in [9.17, 15) is 9.59 Å². The number of hydrogen-bond donors (Lipinski definition) is 3. The average molecular weight is 310 g/mol. The van der Waals surface area contributed by atoms with Crippen LogP contribution in [0.15, 0.2) is 28.3 Å². The zero-order chi connectivity index (χ0) is 14.5. The molecule has 20 heavy (non-hydrogen) atoms. The molecule has 106 valence electrons. The number of carboxylic acid groups (broad SMARTS) is 1. The summed E-state index contributed by atoms with van der Waals surface area (Å²) in [6, 6.07) is 1.94. The van der Waals surface area contributed by atoms with E-state index in [0.29, 0.717) is 11.4 Å². The molecule has 2 amide bonds. The van der Waals surface area contributed by atoms with Crippen LogP contribution in [0.3, 0.4) is 0 Å². The van der Waals surface area contributed by atoms with Crippen LogP contribution in [-0.4, -0.2) is 17.1 Å². The Labute approximate surface area is 124 Å². The van der Waals surface area contributed by atoms with Gasteiger partial charge in [0.2, 0.25) is 0 Å². The monoisotopic (exact) mass is 310 g/mol. The molecule has 0 fully saturated rings. The minimum absolute atomic E-state index is 0.387. The fraction of sp³-hybridized carbons (Fsp3) is 0.231. The highest BCUT2D eigenvalue weighted by Crippen LogP contribution is 2.19. The molecule has 5 nitrogen and oxygen atoms in total. The second kappa shape index (κ2) is 6.53. The quantitative estimate of drug-likeness (QED) is 0.794. The summed E-state index contributed by atoms with van der Waals surface area (Å²) in [7, 11) is 0. The number of thiophene rings is 2. The maximum absolute atomic E-state index is 11.8. The number of urea groups is 1. The number of carboxylic acids is 1. The molecular weight excluding hydrogens is 296 g/mol. The molecule has 2 aromatic heterocycles. The maximum atomic E-state index is 11.8. The van der Waals surface area contributed by atoms with Crippen molar-refractivity contribution < 1.29 is 14.7 Å². The average Bonchev–Trinajstić information content (AvgIpc) is 3.04. The van der Waals surface area contributed by atoms with Gasteiger partial charge in [0.1, 0.15) is 0 Å². The summed E-state index contributed by atoms with van der Waals surface area (Å²) in [4.78, 5) is 23.6. The molecular formula is C13H14N2O3S2. The molecule has 2 aromatic rings. The van der Waals surface area contributed by atoms with E-state index < -0.39 is 18.0 Å². The third kappa shape index (κ3) is 3.58.